The van der Waals surface area contributed by atoms with Crippen LogP contribution in [0.3, 0.4) is 0 Å². The molecule has 130 valence electrons. The maximum absolute atomic E-state index is 12.8. The smallest absolute Gasteiger partial charge is 0.256 e. The minimum atomic E-state index is -0.532. The van der Waals surface area contributed by atoms with Crippen LogP contribution in [0.2, 0.25) is 15.1 Å². The zero-order chi connectivity index (χ0) is 18.0. The van der Waals surface area contributed by atoms with E-state index < -0.39 is 6.04 Å². The first-order valence-electron chi connectivity index (χ1n) is 7.78. The van der Waals surface area contributed by atoms with Gasteiger partial charge >= 0.3 is 0 Å². The predicted molar refractivity (Wildman–Crippen MR) is 101 cm³/mol. The van der Waals surface area contributed by atoms with Crippen molar-refractivity contribution in [1.82, 2.24) is 4.90 Å². The van der Waals surface area contributed by atoms with Crippen molar-refractivity contribution in [2.45, 2.75) is 18.9 Å². The Hall–Kier alpha value is -1.75. The molecule has 2 aromatic rings. The molecule has 0 radical (unpaired) electrons. The van der Waals surface area contributed by atoms with Crippen LogP contribution in [0.5, 0.6) is 0 Å². The van der Waals surface area contributed by atoms with Crippen LogP contribution in [0.25, 0.3) is 0 Å². The van der Waals surface area contributed by atoms with E-state index >= 15 is 0 Å². The van der Waals surface area contributed by atoms with Crippen molar-refractivity contribution >= 4 is 52.3 Å². The summed E-state index contributed by atoms with van der Waals surface area (Å²) < 4.78 is 0. The monoisotopic (exact) mass is 396 g/mol. The molecule has 1 aliphatic heterocycles. The Morgan fingerprint density at radius 1 is 1.00 bits per heavy atom. The lowest BCUT2D eigenvalue weighted by Crippen LogP contribution is -2.43. The molecule has 1 aliphatic rings. The minimum Gasteiger partial charge on any atom is -0.327 e. The number of hydrogen-bond donors (Lipinski definition) is 1. The van der Waals surface area contributed by atoms with E-state index in [1.807, 2.05) is 0 Å². The van der Waals surface area contributed by atoms with Gasteiger partial charge in [0.2, 0.25) is 5.91 Å². The normalized spacial score (nSPS) is 16.8. The number of benzene rings is 2. The molecule has 1 fully saturated rings. The SMILES string of the molecule is O=C(Nc1ccc(Cl)cc1)[C@@H]1CCCN1C(=O)c1ccc(Cl)cc1Cl. The number of amides is 2. The third kappa shape index (κ3) is 4.09. The predicted octanol–water partition coefficient (Wildman–Crippen LogP) is 4.89. The third-order valence-electron chi connectivity index (χ3n) is 4.09. The van der Waals surface area contributed by atoms with Gasteiger partial charge in [-0.2, -0.15) is 0 Å². The molecule has 2 amide bonds. The number of rotatable bonds is 3. The number of carbonyl (C=O) groups is 2. The van der Waals surface area contributed by atoms with Gasteiger partial charge in [0, 0.05) is 22.3 Å². The van der Waals surface area contributed by atoms with Gasteiger partial charge in [0.15, 0.2) is 0 Å². The number of anilines is 1. The van der Waals surface area contributed by atoms with Crippen LogP contribution < -0.4 is 5.32 Å². The van der Waals surface area contributed by atoms with E-state index in [0.717, 1.165) is 6.42 Å². The van der Waals surface area contributed by atoms with Gasteiger partial charge in [0.1, 0.15) is 6.04 Å². The Balaban J connectivity index is 1.76. The molecule has 0 saturated carbocycles. The fraction of sp³-hybridized carbons (Fsp3) is 0.222. The molecule has 1 atom stereocenters. The first kappa shape index (κ1) is 18.1. The molecule has 2 aromatic carbocycles. The minimum absolute atomic E-state index is 0.224. The summed E-state index contributed by atoms with van der Waals surface area (Å²) in [5, 5.41) is 4.15. The van der Waals surface area contributed by atoms with Gasteiger partial charge < -0.3 is 10.2 Å². The summed E-state index contributed by atoms with van der Waals surface area (Å²) in [4.78, 5) is 26.9. The second-order valence-electron chi connectivity index (χ2n) is 5.78. The number of carbonyl (C=O) groups excluding carboxylic acids is 2. The summed E-state index contributed by atoms with van der Waals surface area (Å²) in [5.74, 6) is -0.492. The van der Waals surface area contributed by atoms with Crippen molar-refractivity contribution in [3.05, 3.63) is 63.1 Å². The lowest BCUT2D eigenvalue weighted by molar-refractivity contribution is -0.119. The van der Waals surface area contributed by atoms with E-state index in [4.69, 9.17) is 34.8 Å². The highest BCUT2D eigenvalue weighted by atomic mass is 35.5. The fourth-order valence-electron chi connectivity index (χ4n) is 2.86. The molecule has 0 aromatic heterocycles. The highest BCUT2D eigenvalue weighted by molar-refractivity contribution is 6.36. The zero-order valence-electron chi connectivity index (χ0n) is 13.1. The van der Waals surface area contributed by atoms with E-state index in [0.29, 0.717) is 34.3 Å². The van der Waals surface area contributed by atoms with Crippen LogP contribution in [-0.2, 0) is 4.79 Å². The van der Waals surface area contributed by atoms with Crippen molar-refractivity contribution in [3.8, 4) is 0 Å². The highest BCUT2D eigenvalue weighted by Gasteiger charge is 2.35. The molecular formula is C18H15Cl3N2O2. The fourth-order valence-corrected chi connectivity index (χ4v) is 3.47. The standard InChI is InChI=1S/C18H15Cl3N2O2/c19-11-3-6-13(7-4-11)22-17(24)16-2-1-9-23(16)18(25)14-8-5-12(20)10-15(14)21/h3-8,10,16H,1-2,9H2,(H,22,24)/t16-/m0/s1. The Kier molecular flexibility index (Phi) is 5.52. The Labute approximate surface area is 160 Å². The quantitative estimate of drug-likeness (QED) is 0.801. The lowest BCUT2D eigenvalue weighted by Gasteiger charge is -2.24. The van der Waals surface area contributed by atoms with Crippen LogP contribution in [-0.4, -0.2) is 29.3 Å². The molecule has 3 rings (SSSR count). The van der Waals surface area contributed by atoms with Crippen LogP contribution in [0.15, 0.2) is 42.5 Å². The summed E-state index contributed by atoms with van der Waals surface area (Å²) in [6.07, 6.45) is 1.37. The van der Waals surface area contributed by atoms with Crippen molar-refractivity contribution in [2.75, 3.05) is 11.9 Å². The molecule has 0 spiro atoms. The van der Waals surface area contributed by atoms with Gasteiger partial charge in [-0.25, -0.2) is 0 Å². The molecule has 25 heavy (non-hydrogen) atoms. The van der Waals surface area contributed by atoms with E-state index in [1.54, 1.807) is 41.3 Å². The maximum atomic E-state index is 12.8. The summed E-state index contributed by atoms with van der Waals surface area (Å²) in [5.41, 5.74) is 0.982. The number of halogens is 3. The third-order valence-corrected chi connectivity index (χ3v) is 4.89. The Morgan fingerprint density at radius 3 is 2.36 bits per heavy atom. The molecule has 1 N–H and O–H groups in total. The van der Waals surface area contributed by atoms with Gasteiger partial charge in [-0.15, -0.1) is 0 Å². The molecule has 1 saturated heterocycles. The Bertz CT molecular complexity index is 808. The number of nitrogens with one attached hydrogen (secondary N) is 1. The first-order valence-corrected chi connectivity index (χ1v) is 8.91. The molecule has 0 bridgehead atoms. The van der Waals surface area contributed by atoms with Crippen molar-refractivity contribution in [2.24, 2.45) is 0 Å². The van der Waals surface area contributed by atoms with Gasteiger partial charge in [0.05, 0.1) is 10.6 Å². The van der Waals surface area contributed by atoms with Crippen LogP contribution in [0, 0.1) is 0 Å². The number of hydrogen-bond acceptors (Lipinski definition) is 2. The molecule has 1 heterocycles. The van der Waals surface area contributed by atoms with Crippen LogP contribution >= 0.6 is 34.8 Å². The highest BCUT2D eigenvalue weighted by Crippen LogP contribution is 2.27. The van der Waals surface area contributed by atoms with E-state index in [9.17, 15) is 9.59 Å². The number of nitrogens with zero attached hydrogens (tertiary/aromatic N) is 1. The molecule has 0 unspecified atom stereocenters. The lowest BCUT2D eigenvalue weighted by atomic mass is 10.1. The summed E-state index contributed by atoms with van der Waals surface area (Å²) >= 11 is 17.9. The van der Waals surface area contributed by atoms with Crippen LogP contribution in [0.4, 0.5) is 5.69 Å². The second kappa shape index (κ2) is 7.65. The maximum Gasteiger partial charge on any atom is 0.256 e. The number of likely N-dealkylation sites (tertiary alicyclic amines) is 1. The zero-order valence-corrected chi connectivity index (χ0v) is 15.4. The topological polar surface area (TPSA) is 49.4 Å². The average molecular weight is 398 g/mol. The van der Waals surface area contributed by atoms with E-state index in [2.05, 4.69) is 5.32 Å². The molecular weight excluding hydrogens is 383 g/mol. The van der Waals surface area contributed by atoms with Gasteiger partial charge in [-0.3, -0.25) is 9.59 Å². The second-order valence-corrected chi connectivity index (χ2v) is 7.06. The average Bonchev–Trinajstić information content (AvgIpc) is 3.06. The van der Waals surface area contributed by atoms with Gasteiger partial charge in [-0.05, 0) is 55.3 Å². The van der Waals surface area contributed by atoms with Crippen molar-refractivity contribution < 1.29 is 9.59 Å². The van der Waals surface area contributed by atoms with Crippen LogP contribution in [0.1, 0.15) is 23.2 Å². The van der Waals surface area contributed by atoms with Gasteiger partial charge in [0.25, 0.3) is 5.91 Å². The summed E-state index contributed by atoms with van der Waals surface area (Å²) in [6, 6.07) is 11.0. The Morgan fingerprint density at radius 2 is 1.68 bits per heavy atom. The molecule has 7 heteroatoms. The van der Waals surface area contributed by atoms with E-state index in [-0.39, 0.29) is 16.8 Å². The molecule has 4 nitrogen and oxygen atoms in total. The molecule has 0 aliphatic carbocycles. The first-order chi connectivity index (χ1) is 12.0. The van der Waals surface area contributed by atoms with E-state index in [1.165, 1.54) is 6.07 Å². The van der Waals surface area contributed by atoms with Crippen molar-refractivity contribution in [1.29, 1.82) is 0 Å². The summed E-state index contributed by atoms with van der Waals surface area (Å²) in [6.45, 7) is 0.510. The van der Waals surface area contributed by atoms with Crippen molar-refractivity contribution in [3.63, 3.8) is 0 Å². The largest absolute Gasteiger partial charge is 0.327 e. The van der Waals surface area contributed by atoms with Gasteiger partial charge in [-0.1, -0.05) is 34.8 Å². The summed E-state index contributed by atoms with van der Waals surface area (Å²) in [7, 11) is 0.